The maximum absolute atomic E-state index is 13.4. The number of pyridine rings is 1. The van der Waals surface area contributed by atoms with E-state index in [2.05, 4.69) is 26.2 Å². The lowest BCUT2D eigenvalue weighted by molar-refractivity contribution is 0.467. The van der Waals surface area contributed by atoms with Gasteiger partial charge in [0.2, 0.25) is 0 Å². The molecule has 0 atom stereocenters. The van der Waals surface area contributed by atoms with Crippen molar-refractivity contribution in [2.24, 2.45) is 0 Å². The van der Waals surface area contributed by atoms with Crippen molar-refractivity contribution >= 4 is 27.4 Å². The zero-order valence-electron chi connectivity index (χ0n) is 9.22. The fourth-order valence-electron chi connectivity index (χ4n) is 1.35. The van der Waals surface area contributed by atoms with Crippen LogP contribution >= 0.6 is 15.9 Å². The van der Waals surface area contributed by atoms with Gasteiger partial charge in [0, 0.05) is 10.5 Å². The highest BCUT2D eigenvalue weighted by molar-refractivity contribution is 9.10. The quantitative estimate of drug-likeness (QED) is 0.851. The van der Waals surface area contributed by atoms with Crippen LogP contribution in [0.2, 0.25) is 0 Å². The number of nitriles is 1. The van der Waals surface area contributed by atoms with E-state index in [9.17, 15) is 13.2 Å². The van der Waals surface area contributed by atoms with Gasteiger partial charge in [-0.3, -0.25) is 0 Å². The molecule has 2 rings (SSSR count). The molecular formula is C12H5BrF3N3. The van der Waals surface area contributed by atoms with E-state index in [-0.39, 0.29) is 0 Å². The Balaban J connectivity index is 2.37. The van der Waals surface area contributed by atoms with Crippen LogP contribution in [0.3, 0.4) is 0 Å². The molecule has 0 aliphatic rings. The number of aromatic nitrogens is 1. The van der Waals surface area contributed by atoms with E-state index in [1.807, 2.05) is 6.07 Å². The normalized spacial score (nSPS) is 10.1. The van der Waals surface area contributed by atoms with E-state index >= 15 is 0 Å². The van der Waals surface area contributed by atoms with Gasteiger partial charge in [0.25, 0.3) is 5.95 Å². The zero-order valence-corrected chi connectivity index (χ0v) is 10.8. The van der Waals surface area contributed by atoms with Gasteiger partial charge in [0.15, 0.2) is 17.5 Å². The van der Waals surface area contributed by atoms with Crippen molar-refractivity contribution in [2.75, 3.05) is 5.32 Å². The molecule has 2 aromatic rings. The molecule has 0 amide bonds. The SMILES string of the molecule is N#Cc1ccc(Nc2nc(F)c(F)cc2F)c(Br)c1. The number of hydrogen-bond acceptors (Lipinski definition) is 3. The number of benzene rings is 1. The molecular weight excluding hydrogens is 323 g/mol. The molecule has 3 nitrogen and oxygen atoms in total. The maximum atomic E-state index is 13.4. The van der Waals surface area contributed by atoms with Crippen LogP contribution in [0.1, 0.15) is 5.56 Å². The molecule has 0 saturated carbocycles. The van der Waals surface area contributed by atoms with Crippen LogP contribution in [0.15, 0.2) is 28.7 Å². The minimum absolute atomic E-state index is 0.372. The Hall–Kier alpha value is -2.07. The Bertz CT molecular complexity index is 683. The minimum atomic E-state index is -1.39. The van der Waals surface area contributed by atoms with Gasteiger partial charge >= 0.3 is 0 Å². The third kappa shape index (κ3) is 2.85. The van der Waals surface area contributed by atoms with Crippen LogP contribution in [0.4, 0.5) is 24.7 Å². The van der Waals surface area contributed by atoms with Crippen molar-refractivity contribution in [3.63, 3.8) is 0 Å². The van der Waals surface area contributed by atoms with E-state index in [1.54, 1.807) is 0 Å². The summed E-state index contributed by atoms with van der Waals surface area (Å²) in [5, 5.41) is 11.2. The average molecular weight is 328 g/mol. The molecule has 19 heavy (non-hydrogen) atoms. The third-order valence-corrected chi connectivity index (χ3v) is 2.89. The highest BCUT2D eigenvalue weighted by Crippen LogP contribution is 2.27. The molecule has 0 aliphatic heterocycles. The first-order chi connectivity index (χ1) is 9.01. The molecule has 0 spiro atoms. The Morgan fingerprint density at radius 3 is 2.53 bits per heavy atom. The summed E-state index contributed by atoms with van der Waals surface area (Å²) in [6, 6.07) is 6.82. The molecule has 0 radical (unpaired) electrons. The van der Waals surface area contributed by atoms with Gasteiger partial charge < -0.3 is 5.32 Å². The second kappa shape index (κ2) is 5.28. The monoisotopic (exact) mass is 327 g/mol. The van der Waals surface area contributed by atoms with E-state index in [0.29, 0.717) is 21.8 Å². The van der Waals surface area contributed by atoms with Gasteiger partial charge in [0.05, 0.1) is 17.3 Å². The standard InChI is InChI=1S/C12H5BrF3N3/c13-7-3-6(5-17)1-2-10(7)18-12-9(15)4-8(14)11(16)19-12/h1-4H,(H,18,19). The van der Waals surface area contributed by atoms with Gasteiger partial charge in [-0.25, -0.2) is 8.78 Å². The summed E-state index contributed by atoms with van der Waals surface area (Å²) in [6.07, 6.45) is 0. The summed E-state index contributed by atoms with van der Waals surface area (Å²) in [5.74, 6) is -4.21. The summed E-state index contributed by atoms with van der Waals surface area (Å²) in [5.41, 5.74) is 0.771. The van der Waals surface area contributed by atoms with Crippen LogP contribution in [-0.2, 0) is 0 Å². The predicted molar refractivity (Wildman–Crippen MR) is 66.3 cm³/mol. The molecule has 1 heterocycles. The van der Waals surface area contributed by atoms with Crippen molar-refractivity contribution in [3.8, 4) is 6.07 Å². The van der Waals surface area contributed by atoms with E-state index in [0.717, 1.165) is 0 Å². The van der Waals surface area contributed by atoms with Crippen LogP contribution < -0.4 is 5.32 Å². The van der Waals surface area contributed by atoms with Gasteiger partial charge in [-0.15, -0.1) is 0 Å². The first kappa shape index (κ1) is 13.4. The highest BCUT2D eigenvalue weighted by atomic mass is 79.9. The lowest BCUT2D eigenvalue weighted by Crippen LogP contribution is -2.02. The molecule has 1 aromatic carbocycles. The molecule has 1 aromatic heterocycles. The summed E-state index contributed by atoms with van der Waals surface area (Å²) in [4.78, 5) is 3.14. The summed E-state index contributed by atoms with van der Waals surface area (Å²) in [6.45, 7) is 0. The second-order valence-electron chi connectivity index (χ2n) is 3.52. The second-order valence-corrected chi connectivity index (χ2v) is 4.38. The van der Waals surface area contributed by atoms with Gasteiger partial charge in [0.1, 0.15) is 0 Å². The number of rotatable bonds is 2. The van der Waals surface area contributed by atoms with Gasteiger partial charge in [-0.1, -0.05) is 0 Å². The molecule has 7 heteroatoms. The van der Waals surface area contributed by atoms with E-state index in [4.69, 9.17) is 5.26 Å². The summed E-state index contributed by atoms with van der Waals surface area (Å²) in [7, 11) is 0. The Morgan fingerprint density at radius 1 is 1.16 bits per heavy atom. The minimum Gasteiger partial charge on any atom is -0.337 e. The number of nitrogens with one attached hydrogen (secondary N) is 1. The van der Waals surface area contributed by atoms with Crippen molar-refractivity contribution in [3.05, 3.63) is 51.9 Å². The topological polar surface area (TPSA) is 48.7 Å². The van der Waals surface area contributed by atoms with Crippen LogP contribution in [0.25, 0.3) is 0 Å². The first-order valence-electron chi connectivity index (χ1n) is 4.99. The number of anilines is 2. The summed E-state index contributed by atoms with van der Waals surface area (Å²) >= 11 is 3.17. The maximum Gasteiger partial charge on any atom is 0.251 e. The van der Waals surface area contributed by atoms with Crippen molar-refractivity contribution in [1.29, 1.82) is 5.26 Å². The van der Waals surface area contributed by atoms with Crippen LogP contribution in [-0.4, -0.2) is 4.98 Å². The Kier molecular flexibility index (Phi) is 3.71. The molecule has 96 valence electrons. The van der Waals surface area contributed by atoms with E-state index in [1.165, 1.54) is 18.2 Å². The predicted octanol–water partition coefficient (Wildman–Crippen LogP) is 3.88. The lowest BCUT2D eigenvalue weighted by atomic mass is 10.2. The van der Waals surface area contributed by atoms with Crippen molar-refractivity contribution in [1.82, 2.24) is 4.98 Å². The van der Waals surface area contributed by atoms with Crippen molar-refractivity contribution < 1.29 is 13.2 Å². The fraction of sp³-hybridized carbons (Fsp3) is 0. The average Bonchev–Trinajstić information content (AvgIpc) is 2.38. The van der Waals surface area contributed by atoms with Crippen LogP contribution in [0.5, 0.6) is 0 Å². The van der Waals surface area contributed by atoms with Crippen LogP contribution in [0, 0.1) is 28.9 Å². The molecule has 0 bridgehead atoms. The first-order valence-corrected chi connectivity index (χ1v) is 5.79. The van der Waals surface area contributed by atoms with Crippen molar-refractivity contribution in [2.45, 2.75) is 0 Å². The number of halogens is 4. The highest BCUT2D eigenvalue weighted by Gasteiger charge is 2.12. The zero-order chi connectivity index (χ0) is 14.0. The lowest BCUT2D eigenvalue weighted by Gasteiger charge is -2.09. The molecule has 0 aliphatic carbocycles. The summed E-state index contributed by atoms with van der Waals surface area (Å²) < 4.78 is 39.5. The van der Waals surface area contributed by atoms with E-state index < -0.39 is 23.4 Å². The number of hydrogen-bond donors (Lipinski definition) is 1. The smallest absolute Gasteiger partial charge is 0.251 e. The van der Waals surface area contributed by atoms with Gasteiger partial charge in [-0.2, -0.15) is 14.6 Å². The fourth-order valence-corrected chi connectivity index (χ4v) is 1.82. The molecule has 0 fully saturated rings. The van der Waals surface area contributed by atoms with Gasteiger partial charge in [-0.05, 0) is 34.1 Å². The Labute approximate surface area is 114 Å². The molecule has 0 saturated heterocycles. The largest absolute Gasteiger partial charge is 0.337 e. The Morgan fingerprint density at radius 2 is 1.89 bits per heavy atom. The third-order valence-electron chi connectivity index (χ3n) is 2.24. The molecule has 0 unspecified atom stereocenters. The molecule has 1 N–H and O–H groups in total. The number of nitrogens with zero attached hydrogens (tertiary/aromatic N) is 2.